The highest BCUT2D eigenvalue weighted by Gasteiger charge is 2.31. The minimum atomic E-state index is -0.756. The zero-order chi connectivity index (χ0) is 13.9. The van der Waals surface area contributed by atoms with E-state index >= 15 is 0 Å². The number of nitrogens with zero attached hydrogens (tertiary/aromatic N) is 1. The van der Waals surface area contributed by atoms with Crippen LogP contribution in [0.2, 0.25) is 0 Å². The van der Waals surface area contributed by atoms with Crippen LogP contribution in [0.1, 0.15) is 19.3 Å². The van der Waals surface area contributed by atoms with Crippen LogP contribution in [0.5, 0.6) is 5.75 Å². The molecule has 5 nitrogen and oxygen atoms in total. The summed E-state index contributed by atoms with van der Waals surface area (Å²) in [6.45, 7) is 2.40. The summed E-state index contributed by atoms with van der Waals surface area (Å²) in [7, 11) is 0. The maximum Gasteiger partial charge on any atom is 0.320 e. The summed E-state index contributed by atoms with van der Waals surface area (Å²) in [5.74, 6) is 0.157. The lowest BCUT2D eigenvalue weighted by atomic mass is 9.97. The first-order chi connectivity index (χ1) is 9.75. The normalized spacial score (nSPS) is 26.3. The zero-order valence-electron chi connectivity index (χ0n) is 11.4. The van der Waals surface area contributed by atoms with Gasteiger partial charge in [0.15, 0.2) is 0 Å². The molecule has 20 heavy (non-hydrogen) atoms. The van der Waals surface area contributed by atoms with Gasteiger partial charge in [0.2, 0.25) is 0 Å². The summed E-state index contributed by atoms with van der Waals surface area (Å²) in [6.07, 6.45) is 2.58. The van der Waals surface area contributed by atoms with Crippen LogP contribution < -0.4 is 15.0 Å². The number of hydrogen-bond donors (Lipinski definition) is 2. The number of anilines is 1. The van der Waals surface area contributed by atoms with Gasteiger partial charge in [0.05, 0.1) is 12.3 Å². The van der Waals surface area contributed by atoms with Crippen molar-refractivity contribution in [3.05, 3.63) is 24.3 Å². The number of carboxylic acid groups (broad SMARTS) is 1. The number of hydrogen-bond acceptors (Lipinski definition) is 4. The van der Waals surface area contributed by atoms with Gasteiger partial charge < -0.3 is 20.1 Å². The molecule has 0 aromatic heterocycles. The third-order valence-electron chi connectivity index (χ3n) is 4.09. The molecule has 1 aromatic carbocycles. The molecule has 0 radical (unpaired) electrons. The third-order valence-corrected chi connectivity index (χ3v) is 4.09. The predicted molar refractivity (Wildman–Crippen MR) is 76.3 cm³/mol. The second-order valence-corrected chi connectivity index (χ2v) is 5.39. The van der Waals surface area contributed by atoms with Gasteiger partial charge in [-0.2, -0.15) is 0 Å². The van der Waals surface area contributed by atoms with Gasteiger partial charge in [-0.1, -0.05) is 12.1 Å². The van der Waals surface area contributed by atoms with Crippen molar-refractivity contribution in [1.82, 2.24) is 5.32 Å². The minimum absolute atomic E-state index is 0.264. The van der Waals surface area contributed by atoms with Crippen molar-refractivity contribution in [3.63, 3.8) is 0 Å². The lowest BCUT2D eigenvalue weighted by Gasteiger charge is -2.38. The molecule has 1 unspecified atom stereocenters. The topological polar surface area (TPSA) is 61.8 Å². The first-order valence-electron chi connectivity index (χ1n) is 7.20. The van der Waals surface area contributed by atoms with E-state index in [1.54, 1.807) is 0 Å². The molecule has 0 bridgehead atoms. The number of benzene rings is 1. The van der Waals surface area contributed by atoms with Gasteiger partial charge in [0, 0.05) is 12.6 Å². The highest BCUT2D eigenvalue weighted by Crippen LogP contribution is 2.34. The monoisotopic (exact) mass is 276 g/mol. The summed E-state index contributed by atoms with van der Waals surface area (Å²) in [6, 6.07) is 7.87. The Bertz CT molecular complexity index is 492. The minimum Gasteiger partial charge on any atom is -0.491 e. The molecule has 0 saturated carbocycles. The Morgan fingerprint density at radius 2 is 2.25 bits per heavy atom. The van der Waals surface area contributed by atoms with Gasteiger partial charge >= 0.3 is 5.97 Å². The van der Waals surface area contributed by atoms with Crippen molar-refractivity contribution in [3.8, 4) is 5.75 Å². The van der Waals surface area contributed by atoms with Crippen molar-refractivity contribution in [2.24, 2.45) is 0 Å². The Balaban J connectivity index is 1.84. The average Bonchev–Trinajstić information content (AvgIpc) is 2.69. The van der Waals surface area contributed by atoms with E-state index in [-0.39, 0.29) is 6.04 Å². The first-order valence-corrected chi connectivity index (χ1v) is 7.20. The number of fused-ring (bicyclic) bond motifs is 1. The van der Waals surface area contributed by atoms with Crippen molar-refractivity contribution < 1.29 is 14.6 Å². The molecule has 2 aliphatic rings. The van der Waals surface area contributed by atoms with Crippen LogP contribution in [0.3, 0.4) is 0 Å². The molecule has 0 aliphatic carbocycles. The van der Waals surface area contributed by atoms with Crippen LogP contribution in [0.25, 0.3) is 0 Å². The molecule has 1 fully saturated rings. The second kappa shape index (κ2) is 5.71. The standard InChI is InChI=1S/C15H20N2O3/c18-15(19)12-10-11(6-7-16-12)17-8-3-9-20-14-5-2-1-4-13(14)17/h1-2,4-5,11-12,16H,3,6-10H2,(H,18,19)/t11-,12?/m0/s1. The van der Waals surface area contributed by atoms with Gasteiger partial charge in [-0.3, -0.25) is 4.79 Å². The number of aliphatic carboxylic acids is 1. The largest absolute Gasteiger partial charge is 0.491 e. The van der Waals surface area contributed by atoms with Crippen molar-refractivity contribution in [2.75, 3.05) is 24.6 Å². The van der Waals surface area contributed by atoms with Crippen LogP contribution in [-0.4, -0.2) is 42.9 Å². The van der Waals surface area contributed by atoms with Gasteiger partial charge in [-0.15, -0.1) is 0 Å². The lowest BCUT2D eigenvalue weighted by molar-refractivity contribution is -0.140. The van der Waals surface area contributed by atoms with Crippen LogP contribution in [-0.2, 0) is 4.79 Å². The summed E-state index contributed by atoms with van der Waals surface area (Å²) in [5.41, 5.74) is 1.10. The van der Waals surface area contributed by atoms with E-state index < -0.39 is 12.0 Å². The van der Waals surface area contributed by atoms with E-state index in [1.165, 1.54) is 0 Å². The number of para-hydroxylation sites is 2. The Morgan fingerprint density at radius 3 is 3.10 bits per heavy atom. The summed E-state index contributed by atoms with van der Waals surface area (Å²) in [4.78, 5) is 13.5. The lowest BCUT2D eigenvalue weighted by Crippen LogP contribution is -2.51. The van der Waals surface area contributed by atoms with E-state index in [4.69, 9.17) is 4.74 Å². The molecule has 108 valence electrons. The number of carboxylic acids is 1. The highest BCUT2D eigenvalue weighted by molar-refractivity contribution is 5.74. The van der Waals surface area contributed by atoms with Gasteiger partial charge in [-0.25, -0.2) is 0 Å². The highest BCUT2D eigenvalue weighted by atomic mass is 16.5. The molecule has 2 N–H and O–H groups in total. The average molecular weight is 276 g/mol. The molecule has 1 saturated heterocycles. The molecular formula is C15H20N2O3. The van der Waals surface area contributed by atoms with Gasteiger partial charge in [0.25, 0.3) is 0 Å². The summed E-state index contributed by atoms with van der Waals surface area (Å²) in [5, 5.41) is 12.3. The first kappa shape index (κ1) is 13.2. The fraction of sp³-hybridized carbons (Fsp3) is 0.533. The number of rotatable bonds is 2. The Labute approximate surface area is 118 Å². The van der Waals surface area contributed by atoms with Crippen molar-refractivity contribution in [2.45, 2.75) is 31.3 Å². The Kier molecular flexibility index (Phi) is 3.78. The van der Waals surface area contributed by atoms with Crippen LogP contribution in [0.4, 0.5) is 5.69 Å². The van der Waals surface area contributed by atoms with Crippen molar-refractivity contribution >= 4 is 11.7 Å². The van der Waals surface area contributed by atoms with E-state index in [2.05, 4.69) is 16.3 Å². The summed E-state index contributed by atoms with van der Waals surface area (Å²) < 4.78 is 5.77. The molecule has 2 heterocycles. The van der Waals surface area contributed by atoms with E-state index in [0.717, 1.165) is 44.0 Å². The van der Waals surface area contributed by atoms with Gasteiger partial charge in [-0.05, 0) is 37.9 Å². The second-order valence-electron chi connectivity index (χ2n) is 5.39. The maximum absolute atomic E-state index is 11.2. The van der Waals surface area contributed by atoms with Crippen molar-refractivity contribution in [1.29, 1.82) is 0 Å². The maximum atomic E-state index is 11.2. The third kappa shape index (κ3) is 2.58. The fourth-order valence-corrected chi connectivity index (χ4v) is 3.10. The molecule has 5 heteroatoms. The number of piperidine rings is 1. The van der Waals surface area contributed by atoms with E-state index in [0.29, 0.717) is 6.42 Å². The quantitative estimate of drug-likeness (QED) is 0.856. The molecule has 2 aliphatic heterocycles. The SMILES string of the molecule is O=C(O)C1C[C@@H](N2CCCOc3ccccc32)CCN1. The molecular weight excluding hydrogens is 256 g/mol. The molecule has 3 rings (SSSR count). The van der Waals surface area contributed by atoms with Crippen LogP contribution in [0.15, 0.2) is 24.3 Å². The molecule has 0 amide bonds. The van der Waals surface area contributed by atoms with E-state index in [1.807, 2.05) is 18.2 Å². The zero-order valence-corrected chi connectivity index (χ0v) is 11.4. The number of nitrogens with one attached hydrogen (secondary N) is 1. The summed E-state index contributed by atoms with van der Waals surface area (Å²) >= 11 is 0. The molecule has 2 atom stereocenters. The number of carbonyl (C=O) groups is 1. The fourth-order valence-electron chi connectivity index (χ4n) is 3.10. The Hall–Kier alpha value is -1.75. The molecule has 0 spiro atoms. The predicted octanol–water partition coefficient (Wildman–Crippen LogP) is 1.48. The Morgan fingerprint density at radius 1 is 1.40 bits per heavy atom. The molecule has 1 aromatic rings. The smallest absolute Gasteiger partial charge is 0.320 e. The van der Waals surface area contributed by atoms with Crippen LogP contribution in [0, 0.1) is 0 Å². The van der Waals surface area contributed by atoms with E-state index in [9.17, 15) is 9.90 Å². The van der Waals surface area contributed by atoms with Gasteiger partial charge in [0.1, 0.15) is 11.8 Å². The van der Waals surface area contributed by atoms with Crippen LogP contribution >= 0.6 is 0 Å². The number of ether oxygens (including phenoxy) is 1.